The van der Waals surface area contributed by atoms with E-state index in [0.29, 0.717) is 19.6 Å². The molecule has 3 aromatic carbocycles. The third-order valence-corrected chi connectivity index (χ3v) is 11.8. The van der Waals surface area contributed by atoms with Crippen molar-refractivity contribution in [2.45, 2.75) is 62.6 Å². The average Bonchev–Trinajstić information content (AvgIpc) is 3.42. The van der Waals surface area contributed by atoms with E-state index in [2.05, 4.69) is 59.2 Å². The first-order valence-corrected chi connectivity index (χ1v) is 19.0. The Morgan fingerprint density at radius 1 is 1.04 bits per heavy atom. The molecule has 3 aliphatic heterocycles. The van der Waals surface area contributed by atoms with Gasteiger partial charge in [0.1, 0.15) is 16.9 Å². The van der Waals surface area contributed by atoms with Crippen LogP contribution in [0.3, 0.4) is 0 Å². The standard InChI is InChI=1S/C40H44FN5O4S/c1-45(39-40(50-39)49-23-33-31-9-4-2-7-29(31)30-8-3-5-10-32(30)33)22-35(47)44-36(26-16-18-42-19-17-26)38(48)46-20-6-11-34(46)37-43-28(24-51-37)21-25-12-14-27(41)15-13-25/h2-5,7-10,12-15,24,26,33-34,36,39-40,42H,6,11,16-23H2,1H3,(H,44,47)/t34-,36?,39?,40?/m0/s1. The van der Waals surface area contributed by atoms with Crippen molar-refractivity contribution in [1.82, 2.24) is 25.4 Å². The van der Waals surface area contributed by atoms with Crippen molar-refractivity contribution in [3.05, 3.63) is 111 Å². The summed E-state index contributed by atoms with van der Waals surface area (Å²) in [5, 5.41) is 9.49. The number of benzene rings is 3. The Kier molecular flexibility index (Phi) is 9.98. The average molecular weight is 710 g/mol. The molecule has 2 N–H and O–H groups in total. The molecule has 2 amide bonds. The van der Waals surface area contributed by atoms with E-state index in [1.54, 1.807) is 23.5 Å². The minimum Gasteiger partial charge on any atom is -0.348 e. The van der Waals surface area contributed by atoms with Gasteiger partial charge in [-0.3, -0.25) is 14.5 Å². The van der Waals surface area contributed by atoms with Crippen LogP contribution < -0.4 is 10.6 Å². The first kappa shape index (κ1) is 34.1. The Labute approximate surface area is 302 Å². The smallest absolute Gasteiger partial charge is 0.246 e. The number of carbonyl (C=O) groups is 2. The maximum absolute atomic E-state index is 14.3. The molecule has 4 aliphatic rings. The summed E-state index contributed by atoms with van der Waals surface area (Å²) in [6, 6.07) is 22.7. The van der Waals surface area contributed by atoms with Gasteiger partial charge in [0.25, 0.3) is 0 Å². The van der Waals surface area contributed by atoms with E-state index in [9.17, 15) is 14.0 Å². The lowest BCUT2D eigenvalue weighted by molar-refractivity contribution is -0.139. The van der Waals surface area contributed by atoms with Gasteiger partial charge in [-0.1, -0.05) is 60.7 Å². The van der Waals surface area contributed by atoms with Gasteiger partial charge in [0, 0.05) is 24.3 Å². The van der Waals surface area contributed by atoms with Gasteiger partial charge < -0.3 is 25.0 Å². The lowest BCUT2D eigenvalue weighted by Gasteiger charge is -2.35. The molecule has 3 saturated heterocycles. The Balaban J connectivity index is 0.884. The van der Waals surface area contributed by atoms with E-state index in [1.165, 1.54) is 34.4 Å². The van der Waals surface area contributed by atoms with Crippen LogP contribution >= 0.6 is 11.3 Å². The van der Waals surface area contributed by atoms with Crippen molar-refractivity contribution in [1.29, 1.82) is 0 Å². The molecule has 266 valence electrons. The second-order valence-corrected chi connectivity index (χ2v) is 15.1. The number of nitrogens with one attached hydrogen (secondary N) is 2. The number of halogens is 1. The second kappa shape index (κ2) is 14.9. The number of amides is 2. The number of ether oxygens (including phenoxy) is 2. The fraction of sp³-hybridized carbons (Fsp3) is 0.425. The SMILES string of the molecule is CN(CC(=O)NC(C(=O)N1CCC[C@H]1c1nc(Cc2ccc(F)cc2)cs1)C1CCNCC1)C1OC1OCC1c2ccccc2-c2ccccc21. The van der Waals surface area contributed by atoms with E-state index in [4.69, 9.17) is 14.5 Å². The molecule has 0 bridgehead atoms. The highest BCUT2D eigenvalue weighted by molar-refractivity contribution is 7.09. The van der Waals surface area contributed by atoms with Gasteiger partial charge in [-0.25, -0.2) is 9.37 Å². The van der Waals surface area contributed by atoms with E-state index in [1.807, 2.05) is 22.2 Å². The Hall–Kier alpha value is -4.00. The topological polar surface area (TPSA) is 99.3 Å². The van der Waals surface area contributed by atoms with Crippen LogP contribution in [0.15, 0.2) is 78.2 Å². The van der Waals surface area contributed by atoms with Crippen molar-refractivity contribution in [2.24, 2.45) is 5.92 Å². The summed E-state index contributed by atoms with van der Waals surface area (Å²) in [6.45, 7) is 2.86. The third kappa shape index (κ3) is 7.36. The Bertz CT molecular complexity index is 1820. The van der Waals surface area contributed by atoms with Crippen LogP contribution in [0.1, 0.15) is 65.0 Å². The van der Waals surface area contributed by atoms with Crippen LogP contribution in [-0.2, 0) is 25.5 Å². The number of aromatic nitrogens is 1. The van der Waals surface area contributed by atoms with Crippen LogP contribution in [0.25, 0.3) is 11.1 Å². The van der Waals surface area contributed by atoms with E-state index in [-0.39, 0.29) is 48.3 Å². The zero-order valence-corrected chi connectivity index (χ0v) is 29.6. The maximum atomic E-state index is 14.3. The number of likely N-dealkylation sites (tertiary alicyclic amines) is 1. The summed E-state index contributed by atoms with van der Waals surface area (Å²) in [5.41, 5.74) is 6.93. The van der Waals surface area contributed by atoms with Crippen molar-refractivity contribution < 1.29 is 23.5 Å². The molecule has 3 unspecified atom stereocenters. The van der Waals surface area contributed by atoms with Gasteiger partial charge in [-0.15, -0.1) is 11.3 Å². The normalized spacial score (nSPS) is 22.2. The predicted octanol–water partition coefficient (Wildman–Crippen LogP) is 5.46. The first-order valence-electron chi connectivity index (χ1n) is 18.1. The molecule has 1 aliphatic carbocycles. The van der Waals surface area contributed by atoms with Crippen LogP contribution in [0, 0.1) is 11.7 Å². The number of epoxide rings is 1. The van der Waals surface area contributed by atoms with Gasteiger partial charge in [0.15, 0.2) is 12.5 Å². The molecule has 3 fully saturated rings. The zero-order valence-electron chi connectivity index (χ0n) is 28.8. The number of hydrogen-bond acceptors (Lipinski definition) is 8. The lowest BCUT2D eigenvalue weighted by Crippen LogP contribution is -2.55. The summed E-state index contributed by atoms with van der Waals surface area (Å²) < 4.78 is 25.6. The number of likely N-dealkylation sites (N-methyl/N-ethyl adjacent to an activating group) is 1. The number of fused-ring (bicyclic) bond motifs is 3. The van der Waals surface area contributed by atoms with Gasteiger partial charge >= 0.3 is 0 Å². The molecule has 4 aromatic rings. The van der Waals surface area contributed by atoms with Crippen LogP contribution in [0.4, 0.5) is 4.39 Å². The quantitative estimate of drug-likeness (QED) is 0.189. The molecule has 0 spiro atoms. The van der Waals surface area contributed by atoms with Gasteiger partial charge in [0.2, 0.25) is 11.8 Å². The highest BCUT2D eigenvalue weighted by atomic mass is 32.1. The highest BCUT2D eigenvalue weighted by Gasteiger charge is 2.46. The summed E-state index contributed by atoms with van der Waals surface area (Å²) in [5.74, 6) is -0.310. The predicted molar refractivity (Wildman–Crippen MR) is 193 cm³/mol. The molecule has 4 heterocycles. The Morgan fingerprint density at radius 2 is 1.75 bits per heavy atom. The monoisotopic (exact) mass is 709 g/mol. The first-order chi connectivity index (χ1) is 24.9. The third-order valence-electron chi connectivity index (χ3n) is 10.8. The fourth-order valence-electron chi connectivity index (χ4n) is 8.08. The van der Waals surface area contributed by atoms with Crippen molar-refractivity contribution in [3.8, 4) is 11.1 Å². The molecule has 51 heavy (non-hydrogen) atoms. The van der Waals surface area contributed by atoms with Crippen LogP contribution in [-0.4, -0.2) is 85.0 Å². The van der Waals surface area contributed by atoms with Crippen LogP contribution in [0.2, 0.25) is 0 Å². The van der Waals surface area contributed by atoms with Crippen molar-refractivity contribution in [3.63, 3.8) is 0 Å². The summed E-state index contributed by atoms with van der Waals surface area (Å²) >= 11 is 1.57. The van der Waals surface area contributed by atoms with E-state index >= 15 is 0 Å². The Morgan fingerprint density at radius 3 is 2.47 bits per heavy atom. The molecule has 4 atom stereocenters. The van der Waals surface area contributed by atoms with Gasteiger partial charge in [0.05, 0.1) is 24.9 Å². The summed E-state index contributed by atoms with van der Waals surface area (Å²) in [7, 11) is 1.86. The zero-order chi connectivity index (χ0) is 34.9. The van der Waals surface area contributed by atoms with Crippen molar-refractivity contribution >= 4 is 23.2 Å². The van der Waals surface area contributed by atoms with Crippen LogP contribution in [0.5, 0.6) is 0 Å². The largest absolute Gasteiger partial charge is 0.348 e. The molecule has 11 heteroatoms. The summed E-state index contributed by atoms with van der Waals surface area (Å²) in [4.78, 5) is 36.6. The number of piperidine rings is 1. The van der Waals surface area contributed by atoms with Crippen molar-refractivity contribution in [2.75, 3.05) is 39.8 Å². The molecule has 1 aromatic heterocycles. The minimum absolute atomic E-state index is 0.0308. The fourth-order valence-corrected chi connectivity index (χ4v) is 9.05. The molecule has 0 saturated carbocycles. The molecule has 0 radical (unpaired) electrons. The number of rotatable bonds is 12. The second-order valence-electron chi connectivity index (χ2n) is 14.2. The van der Waals surface area contributed by atoms with E-state index < -0.39 is 12.3 Å². The number of nitrogens with zero attached hydrogens (tertiary/aromatic N) is 3. The number of carbonyl (C=O) groups excluding carboxylic acids is 2. The number of hydrogen-bond donors (Lipinski definition) is 2. The molecule has 8 rings (SSSR count). The number of thiazole rings is 1. The molecular formula is C40H44FN5O4S. The lowest BCUT2D eigenvalue weighted by atomic mass is 9.89. The highest BCUT2D eigenvalue weighted by Crippen LogP contribution is 2.45. The van der Waals surface area contributed by atoms with E-state index in [0.717, 1.165) is 55.0 Å². The maximum Gasteiger partial charge on any atom is 0.246 e. The van der Waals surface area contributed by atoms with Gasteiger partial charge in [-0.2, -0.15) is 0 Å². The van der Waals surface area contributed by atoms with Gasteiger partial charge in [-0.05, 0) is 91.7 Å². The molecular weight excluding hydrogens is 666 g/mol. The summed E-state index contributed by atoms with van der Waals surface area (Å²) in [6.07, 6.45) is 3.23. The minimum atomic E-state index is -0.609. The molecule has 9 nitrogen and oxygen atoms in total.